The molecule has 4 nitrogen and oxygen atoms in total. The van der Waals surface area contributed by atoms with Crippen molar-refractivity contribution in [1.29, 1.82) is 0 Å². The molecule has 0 aliphatic heterocycles. The molecule has 17 heavy (non-hydrogen) atoms. The van der Waals surface area contributed by atoms with Crippen LogP contribution in [0.25, 0.3) is 0 Å². The third-order valence-corrected chi connectivity index (χ3v) is 3.39. The van der Waals surface area contributed by atoms with E-state index in [9.17, 15) is 10.1 Å². The van der Waals surface area contributed by atoms with Gasteiger partial charge in [0.05, 0.1) is 9.82 Å². The van der Waals surface area contributed by atoms with Gasteiger partial charge >= 0.3 is 0 Å². The largest absolute Gasteiger partial charge is 0.317 e. The SMILES string of the molecule is CCCNCCCSc1ccccc1[N+](=O)[O-]. The van der Waals surface area contributed by atoms with Gasteiger partial charge in [0.25, 0.3) is 5.69 Å². The summed E-state index contributed by atoms with van der Waals surface area (Å²) in [6, 6.07) is 6.90. The summed E-state index contributed by atoms with van der Waals surface area (Å²) in [4.78, 5) is 11.2. The van der Waals surface area contributed by atoms with Crippen molar-refractivity contribution in [3.8, 4) is 0 Å². The zero-order chi connectivity index (χ0) is 12.5. The van der Waals surface area contributed by atoms with Crippen LogP contribution >= 0.6 is 11.8 Å². The minimum atomic E-state index is -0.322. The fourth-order valence-corrected chi connectivity index (χ4v) is 2.38. The average Bonchev–Trinajstić information content (AvgIpc) is 2.34. The fraction of sp³-hybridized carbons (Fsp3) is 0.500. The number of rotatable bonds is 8. The van der Waals surface area contributed by atoms with Crippen LogP contribution in [-0.4, -0.2) is 23.8 Å². The summed E-state index contributed by atoms with van der Waals surface area (Å²) in [6.45, 7) is 4.15. The van der Waals surface area contributed by atoms with Gasteiger partial charge in [0.15, 0.2) is 0 Å². The standard InChI is InChI=1S/C12H18N2O2S/c1-2-8-13-9-5-10-17-12-7-4-3-6-11(12)14(15)16/h3-4,6-7,13H,2,5,8-10H2,1H3. The van der Waals surface area contributed by atoms with Crippen molar-refractivity contribution in [2.75, 3.05) is 18.8 Å². The normalized spacial score (nSPS) is 10.4. The van der Waals surface area contributed by atoms with E-state index in [0.717, 1.165) is 36.6 Å². The van der Waals surface area contributed by atoms with Crippen LogP contribution in [0.5, 0.6) is 0 Å². The first-order valence-corrected chi connectivity index (χ1v) is 6.81. The summed E-state index contributed by atoms with van der Waals surface area (Å²) in [5.74, 6) is 0.904. The summed E-state index contributed by atoms with van der Waals surface area (Å²) >= 11 is 1.55. The van der Waals surface area contributed by atoms with Gasteiger partial charge in [0.1, 0.15) is 0 Å². The van der Waals surface area contributed by atoms with E-state index in [1.54, 1.807) is 23.9 Å². The van der Waals surface area contributed by atoms with Crippen molar-refractivity contribution < 1.29 is 4.92 Å². The number of nitro groups is 1. The second-order valence-corrected chi connectivity index (χ2v) is 4.81. The van der Waals surface area contributed by atoms with Gasteiger partial charge in [0.2, 0.25) is 0 Å². The molecule has 1 aromatic rings. The van der Waals surface area contributed by atoms with Gasteiger partial charge in [-0.15, -0.1) is 11.8 Å². The van der Waals surface area contributed by atoms with Crippen LogP contribution in [0.15, 0.2) is 29.2 Å². The second kappa shape index (κ2) is 8.08. The van der Waals surface area contributed by atoms with E-state index in [4.69, 9.17) is 0 Å². The lowest BCUT2D eigenvalue weighted by Crippen LogP contribution is -2.16. The van der Waals surface area contributed by atoms with Crippen molar-refractivity contribution in [1.82, 2.24) is 5.32 Å². The number of nitro benzene ring substituents is 1. The Morgan fingerprint density at radius 3 is 2.82 bits per heavy atom. The van der Waals surface area contributed by atoms with Gasteiger partial charge < -0.3 is 5.32 Å². The lowest BCUT2D eigenvalue weighted by molar-refractivity contribution is -0.387. The Balaban J connectivity index is 2.34. The Labute approximate surface area is 106 Å². The third kappa shape index (κ3) is 5.19. The van der Waals surface area contributed by atoms with Gasteiger partial charge in [-0.05, 0) is 37.8 Å². The van der Waals surface area contributed by atoms with E-state index in [0.29, 0.717) is 0 Å². The van der Waals surface area contributed by atoms with Crippen LogP contribution < -0.4 is 5.32 Å². The van der Waals surface area contributed by atoms with Gasteiger partial charge in [-0.2, -0.15) is 0 Å². The number of thioether (sulfide) groups is 1. The highest BCUT2D eigenvalue weighted by Gasteiger charge is 2.11. The topological polar surface area (TPSA) is 55.2 Å². The van der Waals surface area contributed by atoms with Gasteiger partial charge in [0, 0.05) is 6.07 Å². The number of hydrogen-bond donors (Lipinski definition) is 1. The fourth-order valence-electron chi connectivity index (χ4n) is 1.41. The highest BCUT2D eigenvalue weighted by molar-refractivity contribution is 7.99. The summed E-state index contributed by atoms with van der Waals surface area (Å²) < 4.78 is 0. The van der Waals surface area contributed by atoms with E-state index in [2.05, 4.69) is 12.2 Å². The average molecular weight is 254 g/mol. The van der Waals surface area contributed by atoms with Crippen molar-refractivity contribution in [2.24, 2.45) is 0 Å². The first kappa shape index (κ1) is 14.0. The van der Waals surface area contributed by atoms with Crippen LogP contribution in [0, 0.1) is 10.1 Å². The number of nitrogens with zero attached hydrogens (tertiary/aromatic N) is 1. The second-order valence-electron chi connectivity index (χ2n) is 3.68. The number of benzene rings is 1. The van der Waals surface area contributed by atoms with Crippen LogP contribution in [0.3, 0.4) is 0 Å². The Bertz CT molecular complexity index is 358. The van der Waals surface area contributed by atoms with Crippen molar-refractivity contribution >= 4 is 17.4 Å². The molecule has 0 unspecified atom stereocenters. The molecular weight excluding hydrogens is 236 g/mol. The first-order chi connectivity index (χ1) is 8.25. The summed E-state index contributed by atoms with van der Waals surface area (Å²) in [5.41, 5.74) is 0.207. The summed E-state index contributed by atoms with van der Waals surface area (Å²) in [6.07, 6.45) is 2.16. The molecule has 0 bridgehead atoms. The molecule has 0 saturated carbocycles. The van der Waals surface area contributed by atoms with E-state index in [-0.39, 0.29) is 10.6 Å². The molecule has 0 heterocycles. The quantitative estimate of drug-likeness (QED) is 0.335. The molecule has 1 N–H and O–H groups in total. The van der Waals surface area contributed by atoms with Crippen molar-refractivity contribution in [3.63, 3.8) is 0 Å². The molecule has 0 radical (unpaired) electrons. The predicted molar refractivity (Wildman–Crippen MR) is 71.6 cm³/mol. The molecule has 0 saturated heterocycles. The Morgan fingerprint density at radius 2 is 2.12 bits per heavy atom. The molecule has 94 valence electrons. The number of hydrogen-bond acceptors (Lipinski definition) is 4. The van der Waals surface area contributed by atoms with Crippen molar-refractivity contribution in [2.45, 2.75) is 24.7 Å². The van der Waals surface area contributed by atoms with E-state index < -0.39 is 0 Å². The Hall–Kier alpha value is -1.07. The molecule has 0 amide bonds. The molecule has 1 aromatic carbocycles. The molecular formula is C12H18N2O2S. The molecule has 0 aliphatic rings. The minimum Gasteiger partial charge on any atom is -0.317 e. The molecule has 0 atom stereocenters. The van der Waals surface area contributed by atoms with Crippen LogP contribution in [0.2, 0.25) is 0 Å². The van der Waals surface area contributed by atoms with E-state index >= 15 is 0 Å². The third-order valence-electron chi connectivity index (χ3n) is 2.24. The lowest BCUT2D eigenvalue weighted by atomic mass is 10.3. The van der Waals surface area contributed by atoms with E-state index in [1.165, 1.54) is 0 Å². The molecule has 1 rings (SSSR count). The monoisotopic (exact) mass is 254 g/mol. The van der Waals surface area contributed by atoms with Gasteiger partial charge in [-0.1, -0.05) is 19.1 Å². The Morgan fingerprint density at radius 1 is 1.35 bits per heavy atom. The molecule has 5 heteroatoms. The lowest BCUT2D eigenvalue weighted by Gasteiger charge is -2.03. The predicted octanol–water partition coefficient (Wildman–Crippen LogP) is 3.08. The Kier molecular flexibility index (Phi) is 6.65. The van der Waals surface area contributed by atoms with Crippen LogP contribution in [0.4, 0.5) is 5.69 Å². The zero-order valence-electron chi connectivity index (χ0n) is 10.0. The highest BCUT2D eigenvalue weighted by atomic mass is 32.2. The smallest absolute Gasteiger partial charge is 0.282 e. The first-order valence-electron chi connectivity index (χ1n) is 5.82. The summed E-state index contributed by atoms with van der Waals surface area (Å²) in [5, 5.41) is 14.1. The van der Waals surface area contributed by atoms with Gasteiger partial charge in [-0.25, -0.2) is 0 Å². The molecule has 0 fully saturated rings. The van der Waals surface area contributed by atoms with E-state index in [1.807, 2.05) is 12.1 Å². The minimum absolute atomic E-state index is 0.207. The number of nitrogens with one attached hydrogen (secondary N) is 1. The van der Waals surface area contributed by atoms with Crippen LogP contribution in [-0.2, 0) is 0 Å². The van der Waals surface area contributed by atoms with Crippen LogP contribution in [0.1, 0.15) is 19.8 Å². The maximum absolute atomic E-state index is 10.8. The maximum atomic E-state index is 10.8. The highest BCUT2D eigenvalue weighted by Crippen LogP contribution is 2.28. The molecule has 0 spiro atoms. The maximum Gasteiger partial charge on any atom is 0.282 e. The molecule has 0 aliphatic carbocycles. The van der Waals surface area contributed by atoms with Crippen molar-refractivity contribution in [3.05, 3.63) is 34.4 Å². The molecule has 0 aromatic heterocycles. The van der Waals surface area contributed by atoms with Gasteiger partial charge in [-0.3, -0.25) is 10.1 Å². The number of para-hydroxylation sites is 1. The summed E-state index contributed by atoms with van der Waals surface area (Å²) in [7, 11) is 0. The zero-order valence-corrected chi connectivity index (χ0v) is 10.8.